The van der Waals surface area contributed by atoms with Crippen LogP contribution in [0.2, 0.25) is 0 Å². The average Bonchev–Trinajstić information content (AvgIpc) is 2.45. The molecule has 2 aromatic rings. The van der Waals surface area contributed by atoms with Crippen molar-refractivity contribution in [2.24, 2.45) is 0 Å². The molecule has 1 N–H and O–H groups in total. The van der Waals surface area contributed by atoms with Crippen LogP contribution in [0.5, 0.6) is 0 Å². The highest BCUT2D eigenvalue weighted by Crippen LogP contribution is 2.16. The highest BCUT2D eigenvalue weighted by molar-refractivity contribution is 5.36. The van der Waals surface area contributed by atoms with Gasteiger partial charge in [0.15, 0.2) is 0 Å². The second kappa shape index (κ2) is 7.26. The molecule has 1 heterocycles. The number of ether oxygens (including phenoxy) is 1. The molecule has 0 spiro atoms. The summed E-state index contributed by atoms with van der Waals surface area (Å²) in [4.78, 5) is 4.33. The number of anilines is 1. The molecule has 3 nitrogen and oxygen atoms in total. The van der Waals surface area contributed by atoms with Gasteiger partial charge < -0.3 is 10.1 Å². The largest absolute Gasteiger partial charge is 0.411 e. The third-order valence-corrected chi connectivity index (χ3v) is 2.92. The van der Waals surface area contributed by atoms with Gasteiger partial charge in [-0.1, -0.05) is 30.3 Å². The van der Waals surface area contributed by atoms with Gasteiger partial charge in [0, 0.05) is 12.2 Å². The van der Waals surface area contributed by atoms with E-state index in [4.69, 9.17) is 0 Å². The number of pyridine rings is 1. The van der Waals surface area contributed by atoms with Gasteiger partial charge in [0.05, 0.1) is 6.61 Å². The smallest absolute Gasteiger partial charge is 0.367 e. The van der Waals surface area contributed by atoms with Crippen molar-refractivity contribution in [2.45, 2.75) is 26.3 Å². The maximum Gasteiger partial charge on any atom is 0.411 e. The molecule has 1 aromatic heterocycles. The first kappa shape index (κ1) is 16.3. The number of alkyl halides is 3. The Hall–Kier alpha value is -2.08. The second-order valence-corrected chi connectivity index (χ2v) is 4.94. The van der Waals surface area contributed by atoms with E-state index >= 15 is 0 Å². The van der Waals surface area contributed by atoms with Crippen LogP contribution in [0, 0.1) is 6.92 Å². The van der Waals surface area contributed by atoms with Crippen molar-refractivity contribution in [1.82, 2.24) is 4.98 Å². The zero-order valence-corrected chi connectivity index (χ0v) is 12.2. The minimum Gasteiger partial charge on any atom is -0.367 e. The zero-order valence-electron chi connectivity index (χ0n) is 12.2. The zero-order chi connectivity index (χ0) is 16.0. The molecule has 0 radical (unpaired) electrons. The maximum absolute atomic E-state index is 12.0. The van der Waals surface area contributed by atoms with Gasteiger partial charge in [-0.25, -0.2) is 4.98 Å². The summed E-state index contributed by atoms with van der Waals surface area (Å²) in [7, 11) is 0. The van der Waals surface area contributed by atoms with Gasteiger partial charge >= 0.3 is 6.18 Å². The summed E-state index contributed by atoms with van der Waals surface area (Å²) in [5, 5.41) is 3.19. The van der Waals surface area contributed by atoms with Gasteiger partial charge in [0.1, 0.15) is 12.4 Å². The number of aromatic nitrogens is 1. The predicted octanol–water partition coefficient (Wildman–Crippen LogP) is 4.08. The Morgan fingerprint density at radius 3 is 2.36 bits per heavy atom. The maximum atomic E-state index is 12.0. The summed E-state index contributed by atoms with van der Waals surface area (Å²) in [6.45, 7) is 1.24. The lowest BCUT2D eigenvalue weighted by Gasteiger charge is -2.09. The van der Waals surface area contributed by atoms with Crippen molar-refractivity contribution in [3.63, 3.8) is 0 Å². The monoisotopic (exact) mass is 310 g/mol. The highest BCUT2D eigenvalue weighted by Gasteiger charge is 2.27. The number of rotatable bonds is 6. The fourth-order valence-electron chi connectivity index (χ4n) is 1.87. The molecule has 1 aromatic carbocycles. The quantitative estimate of drug-likeness (QED) is 0.873. The van der Waals surface area contributed by atoms with Crippen LogP contribution >= 0.6 is 0 Å². The molecule has 22 heavy (non-hydrogen) atoms. The van der Waals surface area contributed by atoms with Crippen LogP contribution in [0.1, 0.15) is 16.8 Å². The van der Waals surface area contributed by atoms with Crippen LogP contribution in [-0.4, -0.2) is 17.8 Å². The van der Waals surface area contributed by atoms with Gasteiger partial charge in [-0.05, 0) is 30.2 Å². The Bertz CT molecular complexity index is 597. The van der Waals surface area contributed by atoms with E-state index in [0.717, 1.165) is 17.1 Å². The first-order chi connectivity index (χ1) is 10.4. The molecule has 0 saturated carbocycles. The summed E-state index contributed by atoms with van der Waals surface area (Å²) >= 11 is 0. The van der Waals surface area contributed by atoms with E-state index in [1.54, 1.807) is 12.1 Å². The second-order valence-electron chi connectivity index (χ2n) is 4.94. The van der Waals surface area contributed by atoms with Crippen molar-refractivity contribution in [1.29, 1.82) is 0 Å². The van der Waals surface area contributed by atoms with Crippen LogP contribution in [0.3, 0.4) is 0 Å². The Labute approximate surface area is 127 Å². The van der Waals surface area contributed by atoms with E-state index in [1.807, 2.05) is 37.3 Å². The van der Waals surface area contributed by atoms with E-state index in [2.05, 4.69) is 15.0 Å². The molecule has 0 fully saturated rings. The van der Waals surface area contributed by atoms with E-state index in [0.29, 0.717) is 12.1 Å². The van der Waals surface area contributed by atoms with Crippen LogP contribution in [0.4, 0.5) is 19.0 Å². The Kier molecular flexibility index (Phi) is 5.38. The molecular weight excluding hydrogens is 293 g/mol. The number of hydrogen-bond donors (Lipinski definition) is 1. The molecule has 0 amide bonds. The van der Waals surface area contributed by atoms with Gasteiger partial charge in [0.25, 0.3) is 0 Å². The van der Waals surface area contributed by atoms with Crippen molar-refractivity contribution in [3.8, 4) is 0 Å². The Morgan fingerprint density at radius 1 is 1.05 bits per heavy atom. The molecule has 118 valence electrons. The minimum absolute atomic E-state index is 0.0490. The molecule has 0 aliphatic carbocycles. The van der Waals surface area contributed by atoms with Crippen molar-refractivity contribution < 1.29 is 17.9 Å². The fraction of sp³-hybridized carbons (Fsp3) is 0.312. The van der Waals surface area contributed by atoms with E-state index in [-0.39, 0.29) is 6.61 Å². The third kappa shape index (κ3) is 5.73. The number of benzene rings is 1. The van der Waals surface area contributed by atoms with E-state index < -0.39 is 12.8 Å². The first-order valence-electron chi connectivity index (χ1n) is 6.82. The average molecular weight is 310 g/mol. The Morgan fingerprint density at radius 2 is 1.73 bits per heavy atom. The van der Waals surface area contributed by atoms with Crippen molar-refractivity contribution in [2.75, 3.05) is 11.9 Å². The molecule has 0 aliphatic rings. The number of hydrogen-bond acceptors (Lipinski definition) is 3. The summed E-state index contributed by atoms with van der Waals surface area (Å²) in [6, 6.07) is 13.0. The number of halogens is 3. The topological polar surface area (TPSA) is 34.1 Å². The summed E-state index contributed by atoms with van der Waals surface area (Å²) in [5.74, 6) is 0.789. The lowest BCUT2D eigenvalue weighted by molar-refractivity contribution is -0.176. The first-order valence-corrected chi connectivity index (χ1v) is 6.82. The molecule has 0 aliphatic heterocycles. The van der Waals surface area contributed by atoms with Gasteiger partial charge in [-0.3, -0.25) is 0 Å². The minimum atomic E-state index is -4.29. The van der Waals surface area contributed by atoms with Crippen LogP contribution in [0.15, 0.2) is 42.5 Å². The third-order valence-electron chi connectivity index (χ3n) is 2.92. The standard InChI is InChI=1S/C16H17F3N2O/c1-12-3-2-4-15(21-12)20-9-13-5-7-14(8-6-13)10-22-11-16(17,18)19/h2-8H,9-11H2,1H3,(H,20,21). The SMILES string of the molecule is Cc1cccc(NCc2ccc(COCC(F)(F)F)cc2)n1. The van der Waals surface area contributed by atoms with Crippen LogP contribution in [0.25, 0.3) is 0 Å². The molecular formula is C16H17F3N2O. The van der Waals surface area contributed by atoms with Crippen molar-refractivity contribution >= 4 is 5.82 Å². The lowest BCUT2D eigenvalue weighted by atomic mass is 10.1. The van der Waals surface area contributed by atoms with Gasteiger partial charge in [-0.15, -0.1) is 0 Å². The molecule has 2 rings (SSSR count). The molecule has 0 atom stereocenters. The summed E-state index contributed by atoms with van der Waals surface area (Å²) < 4.78 is 40.5. The molecule has 0 bridgehead atoms. The fourth-order valence-corrected chi connectivity index (χ4v) is 1.87. The van der Waals surface area contributed by atoms with Crippen LogP contribution < -0.4 is 5.32 Å². The highest BCUT2D eigenvalue weighted by atomic mass is 19.4. The lowest BCUT2D eigenvalue weighted by Crippen LogP contribution is -2.16. The molecule has 0 unspecified atom stereocenters. The van der Waals surface area contributed by atoms with Gasteiger partial charge in [0.2, 0.25) is 0 Å². The molecule has 0 saturated heterocycles. The van der Waals surface area contributed by atoms with Crippen LogP contribution in [-0.2, 0) is 17.9 Å². The number of aryl methyl sites for hydroxylation is 1. The molecule has 6 heteroatoms. The number of nitrogens with one attached hydrogen (secondary N) is 1. The van der Waals surface area contributed by atoms with E-state index in [9.17, 15) is 13.2 Å². The van der Waals surface area contributed by atoms with Gasteiger partial charge in [-0.2, -0.15) is 13.2 Å². The van der Waals surface area contributed by atoms with E-state index in [1.165, 1.54) is 0 Å². The van der Waals surface area contributed by atoms with Crippen molar-refractivity contribution in [3.05, 3.63) is 59.3 Å². The Balaban J connectivity index is 1.81. The summed E-state index contributed by atoms with van der Waals surface area (Å²) in [5.41, 5.74) is 2.66. The predicted molar refractivity (Wildman–Crippen MR) is 78.5 cm³/mol. The summed E-state index contributed by atoms with van der Waals surface area (Å²) in [6.07, 6.45) is -4.29. The normalized spacial score (nSPS) is 11.5. The number of nitrogens with zero attached hydrogens (tertiary/aromatic N) is 1.